The van der Waals surface area contributed by atoms with Gasteiger partial charge in [0, 0.05) is 11.3 Å². The minimum Gasteiger partial charge on any atom is -0.399 e. The lowest BCUT2D eigenvalue weighted by Gasteiger charge is -2.19. The number of aromatic nitrogens is 4. The van der Waals surface area contributed by atoms with Crippen LogP contribution in [0.1, 0.15) is 38.3 Å². The second kappa shape index (κ2) is 4.89. The largest absolute Gasteiger partial charge is 0.399 e. The first kappa shape index (κ1) is 13.1. The zero-order chi connectivity index (χ0) is 14.3. The van der Waals surface area contributed by atoms with Crippen LogP contribution in [0.2, 0.25) is 0 Å². The molecule has 1 heterocycles. The molecule has 106 valence electrons. The second-order valence-corrected chi connectivity index (χ2v) is 6.00. The molecule has 0 amide bonds. The highest BCUT2D eigenvalue weighted by Gasteiger charge is 2.33. The number of nitrogen functional groups attached to an aromatic ring is 1. The summed E-state index contributed by atoms with van der Waals surface area (Å²) in [5.41, 5.74) is 8.83. The van der Waals surface area contributed by atoms with Gasteiger partial charge in [0.1, 0.15) is 0 Å². The molecule has 0 spiro atoms. The molecule has 5 heteroatoms. The number of nitrogens with two attached hydrogens (primary N) is 1. The van der Waals surface area contributed by atoms with Gasteiger partial charge >= 0.3 is 0 Å². The number of tetrazole rings is 1. The molecule has 3 rings (SSSR count). The molecule has 0 bridgehead atoms. The number of benzene rings is 1. The third kappa shape index (κ3) is 2.07. The molecule has 1 aromatic carbocycles. The number of aryl methyl sites for hydroxylation is 1. The fourth-order valence-electron chi connectivity index (χ4n) is 3.16. The monoisotopic (exact) mass is 271 g/mol. The van der Waals surface area contributed by atoms with Crippen LogP contribution in [0.15, 0.2) is 18.2 Å². The van der Waals surface area contributed by atoms with Crippen molar-refractivity contribution in [2.24, 2.45) is 11.8 Å². The summed E-state index contributed by atoms with van der Waals surface area (Å²) in [6.07, 6.45) is 2.38. The number of anilines is 1. The lowest BCUT2D eigenvalue weighted by atomic mass is 9.97. The van der Waals surface area contributed by atoms with Crippen molar-refractivity contribution in [2.75, 3.05) is 5.73 Å². The van der Waals surface area contributed by atoms with Crippen LogP contribution < -0.4 is 5.73 Å². The summed E-state index contributed by atoms with van der Waals surface area (Å²) in [4.78, 5) is 0. The minimum atomic E-state index is 0.385. The van der Waals surface area contributed by atoms with E-state index in [9.17, 15) is 0 Å². The number of hydrogen-bond donors (Lipinski definition) is 1. The van der Waals surface area contributed by atoms with Crippen molar-refractivity contribution in [2.45, 2.75) is 39.7 Å². The average molecular weight is 271 g/mol. The standard InChI is InChI=1S/C15H21N5/c1-9-5-7-14(11(9)3)20-15(17-18-19-20)13-8-12(16)6-4-10(13)2/h4,6,8-9,11,14H,5,7,16H2,1-3H3. The van der Waals surface area contributed by atoms with E-state index in [4.69, 9.17) is 5.73 Å². The molecule has 3 unspecified atom stereocenters. The summed E-state index contributed by atoms with van der Waals surface area (Å²) in [7, 11) is 0. The Balaban J connectivity index is 2.04. The van der Waals surface area contributed by atoms with Crippen molar-refractivity contribution in [3.8, 4) is 11.4 Å². The van der Waals surface area contributed by atoms with Crippen LogP contribution in [0.5, 0.6) is 0 Å². The molecule has 0 saturated heterocycles. The molecule has 2 aromatic rings. The van der Waals surface area contributed by atoms with E-state index in [2.05, 4.69) is 36.3 Å². The summed E-state index contributed by atoms with van der Waals surface area (Å²) in [5.74, 6) is 2.15. The Morgan fingerprint density at radius 2 is 2.05 bits per heavy atom. The van der Waals surface area contributed by atoms with Crippen LogP contribution in [-0.4, -0.2) is 20.2 Å². The van der Waals surface area contributed by atoms with Crippen molar-refractivity contribution in [3.05, 3.63) is 23.8 Å². The number of hydrogen-bond acceptors (Lipinski definition) is 4. The molecule has 0 radical (unpaired) electrons. The SMILES string of the molecule is Cc1ccc(N)cc1-c1nnnn1C1CCC(C)C1C. The van der Waals surface area contributed by atoms with Crippen LogP contribution in [0.4, 0.5) is 5.69 Å². The van der Waals surface area contributed by atoms with Gasteiger partial charge < -0.3 is 5.73 Å². The van der Waals surface area contributed by atoms with Crippen LogP contribution in [0.3, 0.4) is 0 Å². The summed E-state index contributed by atoms with van der Waals surface area (Å²) >= 11 is 0. The molecule has 3 atom stereocenters. The molecule has 1 fully saturated rings. The maximum Gasteiger partial charge on any atom is 0.182 e. The van der Waals surface area contributed by atoms with Crippen molar-refractivity contribution in [3.63, 3.8) is 0 Å². The van der Waals surface area contributed by atoms with E-state index in [1.54, 1.807) is 0 Å². The first-order valence-electron chi connectivity index (χ1n) is 7.22. The Kier molecular flexibility index (Phi) is 3.20. The van der Waals surface area contributed by atoms with Crippen molar-refractivity contribution in [1.82, 2.24) is 20.2 Å². The Labute approximate surface area is 119 Å². The smallest absolute Gasteiger partial charge is 0.182 e. The average Bonchev–Trinajstić information content (AvgIpc) is 3.01. The molecule has 1 saturated carbocycles. The number of nitrogens with zero attached hydrogens (tertiary/aromatic N) is 4. The molecule has 5 nitrogen and oxygen atoms in total. The zero-order valence-electron chi connectivity index (χ0n) is 12.2. The summed E-state index contributed by atoms with van der Waals surface area (Å²) in [6.45, 7) is 6.66. The Bertz CT molecular complexity index is 618. The highest BCUT2D eigenvalue weighted by molar-refractivity contribution is 5.65. The fraction of sp³-hybridized carbons (Fsp3) is 0.533. The van der Waals surface area contributed by atoms with Crippen LogP contribution >= 0.6 is 0 Å². The number of rotatable bonds is 2. The minimum absolute atomic E-state index is 0.385. The highest BCUT2D eigenvalue weighted by Crippen LogP contribution is 2.41. The Morgan fingerprint density at radius 1 is 1.25 bits per heavy atom. The van der Waals surface area contributed by atoms with E-state index < -0.39 is 0 Å². The van der Waals surface area contributed by atoms with Gasteiger partial charge in [-0.2, -0.15) is 0 Å². The fourth-order valence-corrected chi connectivity index (χ4v) is 3.16. The molecule has 20 heavy (non-hydrogen) atoms. The topological polar surface area (TPSA) is 69.6 Å². The molecular weight excluding hydrogens is 250 g/mol. The lowest BCUT2D eigenvalue weighted by Crippen LogP contribution is -2.17. The van der Waals surface area contributed by atoms with Crippen LogP contribution in [-0.2, 0) is 0 Å². The molecule has 1 aliphatic rings. The van der Waals surface area contributed by atoms with Gasteiger partial charge in [-0.25, -0.2) is 4.68 Å². The molecule has 0 aliphatic heterocycles. The van der Waals surface area contributed by atoms with Crippen molar-refractivity contribution < 1.29 is 0 Å². The quantitative estimate of drug-likeness (QED) is 0.853. The molecular formula is C15H21N5. The van der Waals surface area contributed by atoms with E-state index in [-0.39, 0.29) is 0 Å². The van der Waals surface area contributed by atoms with Gasteiger partial charge in [0.2, 0.25) is 0 Å². The van der Waals surface area contributed by atoms with E-state index in [1.807, 2.05) is 22.9 Å². The maximum atomic E-state index is 5.91. The molecule has 2 N–H and O–H groups in total. The van der Waals surface area contributed by atoms with Crippen LogP contribution in [0.25, 0.3) is 11.4 Å². The molecule has 1 aromatic heterocycles. The van der Waals surface area contributed by atoms with Gasteiger partial charge in [0.15, 0.2) is 5.82 Å². The van der Waals surface area contributed by atoms with E-state index in [0.717, 1.165) is 35.0 Å². The van der Waals surface area contributed by atoms with Crippen molar-refractivity contribution >= 4 is 5.69 Å². The van der Waals surface area contributed by atoms with Gasteiger partial charge in [-0.3, -0.25) is 0 Å². The van der Waals surface area contributed by atoms with E-state index in [0.29, 0.717) is 12.0 Å². The van der Waals surface area contributed by atoms with E-state index in [1.165, 1.54) is 6.42 Å². The second-order valence-electron chi connectivity index (χ2n) is 6.00. The Morgan fingerprint density at radius 3 is 2.75 bits per heavy atom. The zero-order valence-corrected chi connectivity index (χ0v) is 12.2. The summed E-state index contributed by atoms with van der Waals surface area (Å²) in [6, 6.07) is 6.27. The predicted molar refractivity (Wildman–Crippen MR) is 79.0 cm³/mol. The van der Waals surface area contributed by atoms with Gasteiger partial charge in [0.25, 0.3) is 0 Å². The van der Waals surface area contributed by atoms with Gasteiger partial charge in [-0.15, -0.1) is 5.10 Å². The first-order chi connectivity index (χ1) is 9.58. The lowest BCUT2D eigenvalue weighted by molar-refractivity contribution is 0.328. The summed E-state index contributed by atoms with van der Waals surface area (Å²) in [5, 5.41) is 12.4. The third-order valence-electron chi connectivity index (χ3n) is 4.73. The van der Waals surface area contributed by atoms with Gasteiger partial charge in [0.05, 0.1) is 6.04 Å². The van der Waals surface area contributed by atoms with Crippen molar-refractivity contribution in [1.29, 1.82) is 0 Å². The maximum absolute atomic E-state index is 5.91. The van der Waals surface area contributed by atoms with E-state index >= 15 is 0 Å². The van der Waals surface area contributed by atoms with Gasteiger partial charge in [-0.05, 0) is 59.7 Å². The Hall–Kier alpha value is -1.91. The normalized spacial score (nSPS) is 26.1. The highest BCUT2D eigenvalue weighted by atomic mass is 15.6. The first-order valence-corrected chi connectivity index (χ1v) is 7.22. The predicted octanol–water partition coefficient (Wildman–Crippen LogP) is 2.84. The third-order valence-corrected chi connectivity index (χ3v) is 4.73. The van der Waals surface area contributed by atoms with Crippen LogP contribution in [0, 0.1) is 18.8 Å². The molecule has 1 aliphatic carbocycles. The summed E-state index contributed by atoms with van der Waals surface area (Å²) < 4.78 is 2.00. The van der Waals surface area contributed by atoms with Gasteiger partial charge in [-0.1, -0.05) is 19.9 Å².